The summed E-state index contributed by atoms with van der Waals surface area (Å²) in [6.45, 7) is 0.529. The van der Waals surface area contributed by atoms with Crippen molar-refractivity contribution in [3.63, 3.8) is 0 Å². The molecule has 0 saturated carbocycles. The lowest BCUT2D eigenvalue weighted by atomic mass is 9.93. The summed E-state index contributed by atoms with van der Waals surface area (Å²) in [4.78, 5) is 20.4. The Hall–Kier alpha value is -4.14. The summed E-state index contributed by atoms with van der Waals surface area (Å²) in [6, 6.07) is 17.9. The molecule has 2 aromatic carbocycles. The third-order valence-electron chi connectivity index (χ3n) is 6.10. The zero-order chi connectivity index (χ0) is 23.7. The van der Waals surface area contributed by atoms with Gasteiger partial charge in [0.15, 0.2) is 11.6 Å². The average Bonchev–Trinajstić information content (AvgIpc) is 3.35. The van der Waals surface area contributed by atoms with Gasteiger partial charge < -0.3 is 15.0 Å². The van der Waals surface area contributed by atoms with Crippen LogP contribution < -0.4 is 4.90 Å². The number of nitrogens with one attached hydrogen (secondary N) is 1. The molecule has 7 nitrogen and oxygen atoms in total. The number of hydrogen-bond donors (Lipinski definition) is 2. The average molecular weight is 461 g/mol. The summed E-state index contributed by atoms with van der Waals surface area (Å²) in [5.41, 5.74) is 0.360. The molecule has 0 amide bonds. The quantitative estimate of drug-likeness (QED) is 0.446. The van der Waals surface area contributed by atoms with Crippen LogP contribution in [0, 0.1) is 5.82 Å². The molecular formula is C25H21F2N5O2. The van der Waals surface area contributed by atoms with Gasteiger partial charge in [-0.15, -0.1) is 10.2 Å². The molecule has 3 heterocycles. The summed E-state index contributed by atoms with van der Waals surface area (Å²) in [6.07, 6.45) is 1.44. The lowest BCUT2D eigenvalue weighted by Crippen LogP contribution is -2.46. The SMILES string of the molecule is O=C(O)C1(F)CCN(c2ccc(-c3ccc(-c4nnc(-c5ccccc5)[nH]4)c(F)c3)cn2)CC1. The second kappa shape index (κ2) is 8.66. The second-order valence-corrected chi connectivity index (χ2v) is 8.25. The van der Waals surface area contributed by atoms with Crippen molar-refractivity contribution in [2.45, 2.75) is 18.5 Å². The lowest BCUT2D eigenvalue weighted by molar-refractivity contribution is -0.152. The molecule has 2 N–H and O–H groups in total. The predicted molar refractivity (Wildman–Crippen MR) is 123 cm³/mol. The third-order valence-corrected chi connectivity index (χ3v) is 6.10. The van der Waals surface area contributed by atoms with E-state index in [2.05, 4.69) is 20.2 Å². The van der Waals surface area contributed by atoms with E-state index in [4.69, 9.17) is 5.11 Å². The van der Waals surface area contributed by atoms with Crippen molar-refractivity contribution >= 4 is 11.8 Å². The number of anilines is 1. The van der Waals surface area contributed by atoms with E-state index in [1.54, 1.807) is 24.4 Å². The normalized spacial score (nSPS) is 15.3. The maximum Gasteiger partial charge on any atom is 0.341 e. The first-order valence-electron chi connectivity index (χ1n) is 10.8. The maximum atomic E-state index is 14.9. The van der Waals surface area contributed by atoms with E-state index in [0.717, 1.165) is 11.1 Å². The van der Waals surface area contributed by atoms with E-state index in [9.17, 15) is 13.6 Å². The molecule has 0 spiro atoms. The zero-order valence-corrected chi connectivity index (χ0v) is 18.1. The number of carbonyl (C=O) groups is 1. The Balaban J connectivity index is 1.31. The molecule has 4 aromatic rings. The lowest BCUT2D eigenvalue weighted by Gasteiger charge is -2.34. The minimum absolute atomic E-state index is 0.0912. The minimum Gasteiger partial charge on any atom is -0.479 e. The van der Waals surface area contributed by atoms with Crippen molar-refractivity contribution < 1.29 is 18.7 Å². The Labute approximate surface area is 194 Å². The fourth-order valence-corrected chi connectivity index (χ4v) is 4.04. The van der Waals surface area contributed by atoms with Gasteiger partial charge in [-0.05, 0) is 29.8 Å². The molecule has 0 unspecified atom stereocenters. The minimum atomic E-state index is -2.18. The van der Waals surface area contributed by atoms with E-state index in [1.807, 2.05) is 41.3 Å². The van der Waals surface area contributed by atoms with Crippen LogP contribution in [0.25, 0.3) is 33.9 Å². The standard InChI is InChI=1S/C25H21F2N5O2/c26-20-14-17(6-8-19(20)23-29-22(30-31-23)16-4-2-1-3-5-16)18-7-9-21(28-15-18)32-12-10-25(27,11-13-32)24(33)34/h1-9,14-15H,10-13H2,(H,33,34)(H,29,30,31). The fourth-order valence-electron chi connectivity index (χ4n) is 4.04. The van der Waals surface area contributed by atoms with Crippen molar-refractivity contribution in [3.05, 3.63) is 72.7 Å². The number of rotatable bonds is 5. The number of pyridine rings is 1. The molecule has 5 rings (SSSR count). The topological polar surface area (TPSA) is 95.0 Å². The van der Waals surface area contributed by atoms with Gasteiger partial charge >= 0.3 is 5.97 Å². The number of carboxylic acid groups (broad SMARTS) is 1. The van der Waals surface area contributed by atoms with Crippen molar-refractivity contribution in [2.24, 2.45) is 0 Å². The van der Waals surface area contributed by atoms with Gasteiger partial charge in [-0.2, -0.15) is 0 Å². The summed E-state index contributed by atoms with van der Waals surface area (Å²) < 4.78 is 29.2. The first-order valence-corrected chi connectivity index (χ1v) is 10.8. The van der Waals surface area contributed by atoms with Crippen molar-refractivity contribution in [1.82, 2.24) is 20.2 Å². The highest BCUT2D eigenvalue weighted by Crippen LogP contribution is 2.31. The van der Waals surface area contributed by atoms with Gasteiger partial charge in [0.05, 0.1) is 5.56 Å². The Bertz CT molecular complexity index is 1320. The highest BCUT2D eigenvalue weighted by atomic mass is 19.1. The molecule has 0 bridgehead atoms. The first kappa shape index (κ1) is 21.7. The molecule has 1 saturated heterocycles. The number of halogens is 2. The van der Waals surface area contributed by atoms with Gasteiger partial charge in [0.25, 0.3) is 0 Å². The smallest absolute Gasteiger partial charge is 0.341 e. The van der Waals surface area contributed by atoms with Crippen LogP contribution in [-0.4, -0.2) is 50.0 Å². The second-order valence-electron chi connectivity index (χ2n) is 8.25. The van der Waals surface area contributed by atoms with Gasteiger partial charge in [0.1, 0.15) is 11.6 Å². The largest absolute Gasteiger partial charge is 0.479 e. The molecule has 172 valence electrons. The Morgan fingerprint density at radius 1 is 0.941 bits per heavy atom. The number of aromatic nitrogens is 4. The van der Waals surface area contributed by atoms with Crippen LogP contribution in [0.5, 0.6) is 0 Å². The van der Waals surface area contributed by atoms with Gasteiger partial charge in [0, 0.05) is 43.3 Å². The van der Waals surface area contributed by atoms with Gasteiger partial charge in [-0.1, -0.05) is 36.4 Å². The monoisotopic (exact) mass is 461 g/mol. The molecule has 34 heavy (non-hydrogen) atoms. The molecule has 0 radical (unpaired) electrons. The number of benzene rings is 2. The summed E-state index contributed by atoms with van der Waals surface area (Å²) in [7, 11) is 0. The van der Waals surface area contributed by atoms with Gasteiger partial charge in [-0.3, -0.25) is 0 Å². The van der Waals surface area contributed by atoms with Crippen LogP contribution in [0.15, 0.2) is 66.9 Å². The van der Waals surface area contributed by atoms with Crippen molar-refractivity contribution in [2.75, 3.05) is 18.0 Å². The number of carboxylic acids is 1. The van der Waals surface area contributed by atoms with Crippen molar-refractivity contribution in [1.29, 1.82) is 0 Å². The van der Waals surface area contributed by atoms with Crippen LogP contribution in [0.4, 0.5) is 14.6 Å². The zero-order valence-electron chi connectivity index (χ0n) is 18.1. The molecule has 0 atom stereocenters. The van der Waals surface area contributed by atoms with Crippen LogP contribution in [0.2, 0.25) is 0 Å². The highest BCUT2D eigenvalue weighted by molar-refractivity contribution is 5.77. The van der Waals surface area contributed by atoms with Gasteiger partial charge in [0.2, 0.25) is 5.67 Å². The molecular weight excluding hydrogens is 440 g/mol. The Morgan fingerprint density at radius 2 is 1.65 bits per heavy atom. The Morgan fingerprint density at radius 3 is 2.29 bits per heavy atom. The van der Waals surface area contributed by atoms with E-state index in [1.165, 1.54) is 6.07 Å². The first-order chi connectivity index (χ1) is 16.4. The molecule has 1 fully saturated rings. The van der Waals surface area contributed by atoms with Crippen LogP contribution in [-0.2, 0) is 4.79 Å². The highest BCUT2D eigenvalue weighted by Gasteiger charge is 2.42. The van der Waals surface area contributed by atoms with E-state index >= 15 is 0 Å². The van der Waals surface area contributed by atoms with Crippen LogP contribution >= 0.6 is 0 Å². The summed E-state index contributed by atoms with van der Waals surface area (Å²) >= 11 is 0. The number of nitrogens with zero attached hydrogens (tertiary/aromatic N) is 4. The molecule has 9 heteroatoms. The number of piperidine rings is 1. The third kappa shape index (κ3) is 4.12. The number of aliphatic carboxylic acids is 1. The number of aromatic amines is 1. The maximum absolute atomic E-state index is 14.9. The van der Waals surface area contributed by atoms with E-state index < -0.39 is 17.5 Å². The molecule has 1 aliphatic heterocycles. The summed E-state index contributed by atoms with van der Waals surface area (Å²) in [5, 5.41) is 17.2. The molecule has 0 aliphatic carbocycles. The van der Waals surface area contributed by atoms with Crippen molar-refractivity contribution in [3.8, 4) is 33.9 Å². The van der Waals surface area contributed by atoms with Crippen LogP contribution in [0.1, 0.15) is 12.8 Å². The number of H-pyrrole nitrogens is 1. The molecule has 2 aromatic heterocycles. The molecule has 1 aliphatic rings. The van der Waals surface area contributed by atoms with Gasteiger partial charge in [-0.25, -0.2) is 18.6 Å². The van der Waals surface area contributed by atoms with E-state index in [0.29, 0.717) is 28.6 Å². The number of hydrogen-bond acceptors (Lipinski definition) is 5. The fraction of sp³-hybridized carbons (Fsp3) is 0.200. The number of alkyl halides is 1. The van der Waals surface area contributed by atoms with E-state index in [-0.39, 0.29) is 25.9 Å². The predicted octanol–water partition coefficient (Wildman–Crippen LogP) is 4.73. The Kier molecular flexibility index (Phi) is 5.53. The summed E-state index contributed by atoms with van der Waals surface area (Å²) in [5.74, 6) is -0.330. The van der Waals surface area contributed by atoms with Crippen LogP contribution in [0.3, 0.4) is 0 Å².